The van der Waals surface area contributed by atoms with Crippen LogP contribution in [0.2, 0.25) is 0 Å². The minimum absolute atomic E-state index is 0.413. The molecule has 0 unspecified atom stereocenters. The Bertz CT molecular complexity index is 136. The van der Waals surface area contributed by atoms with E-state index in [1.54, 1.807) is 18.6 Å². The van der Waals surface area contributed by atoms with E-state index in [-0.39, 0.29) is 0 Å². The SMILES string of the molecule is NOCc1ccoc1. The molecular weight excluding hydrogens is 106 g/mol. The van der Waals surface area contributed by atoms with Gasteiger partial charge in [0.15, 0.2) is 0 Å². The van der Waals surface area contributed by atoms with Crippen molar-refractivity contribution in [2.75, 3.05) is 0 Å². The van der Waals surface area contributed by atoms with Crippen LogP contribution in [0.4, 0.5) is 0 Å². The summed E-state index contributed by atoms with van der Waals surface area (Å²) in [5, 5.41) is 0. The van der Waals surface area contributed by atoms with Crippen LogP contribution in [-0.2, 0) is 11.4 Å². The lowest BCUT2D eigenvalue weighted by Crippen LogP contribution is -1.96. The van der Waals surface area contributed by atoms with Crippen LogP contribution in [-0.4, -0.2) is 0 Å². The van der Waals surface area contributed by atoms with E-state index >= 15 is 0 Å². The smallest absolute Gasteiger partial charge is 0.0960 e. The van der Waals surface area contributed by atoms with Gasteiger partial charge >= 0.3 is 0 Å². The summed E-state index contributed by atoms with van der Waals surface area (Å²) in [4.78, 5) is 4.33. The standard InChI is InChI=1S/C5H7NO2/c6-8-4-5-1-2-7-3-5/h1-3H,4,6H2. The third kappa shape index (κ3) is 1.08. The molecule has 1 aromatic heterocycles. The second-order valence-corrected chi connectivity index (χ2v) is 1.44. The molecule has 2 N–H and O–H groups in total. The Kier molecular flexibility index (Phi) is 1.66. The van der Waals surface area contributed by atoms with Crippen molar-refractivity contribution in [1.29, 1.82) is 0 Å². The zero-order chi connectivity index (χ0) is 5.82. The lowest BCUT2D eigenvalue weighted by molar-refractivity contribution is 0.123. The molecule has 0 aliphatic rings. The van der Waals surface area contributed by atoms with Gasteiger partial charge in [-0.05, 0) is 6.07 Å². The second-order valence-electron chi connectivity index (χ2n) is 1.44. The molecular formula is C5H7NO2. The van der Waals surface area contributed by atoms with Crippen molar-refractivity contribution in [3.8, 4) is 0 Å². The van der Waals surface area contributed by atoms with Crippen LogP contribution >= 0.6 is 0 Å². The summed E-state index contributed by atoms with van der Waals surface area (Å²) in [5.41, 5.74) is 0.951. The quantitative estimate of drug-likeness (QED) is 0.573. The fraction of sp³-hybridized carbons (Fsp3) is 0.200. The molecule has 0 aliphatic heterocycles. The molecule has 3 nitrogen and oxygen atoms in total. The first-order chi connectivity index (χ1) is 3.93. The van der Waals surface area contributed by atoms with E-state index in [0.29, 0.717) is 6.61 Å². The summed E-state index contributed by atoms with van der Waals surface area (Å²) in [6.07, 6.45) is 3.17. The molecule has 1 aromatic rings. The second kappa shape index (κ2) is 2.49. The molecule has 0 spiro atoms. The van der Waals surface area contributed by atoms with Crippen LogP contribution in [0.3, 0.4) is 0 Å². The summed E-state index contributed by atoms with van der Waals surface area (Å²) in [7, 11) is 0. The van der Waals surface area contributed by atoms with E-state index in [2.05, 4.69) is 4.84 Å². The van der Waals surface area contributed by atoms with Gasteiger partial charge in [0.2, 0.25) is 0 Å². The van der Waals surface area contributed by atoms with Crippen molar-refractivity contribution in [1.82, 2.24) is 0 Å². The third-order valence-corrected chi connectivity index (χ3v) is 0.830. The highest BCUT2D eigenvalue weighted by Gasteiger charge is 1.88. The minimum atomic E-state index is 0.413. The fourth-order valence-corrected chi connectivity index (χ4v) is 0.471. The van der Waals surface area contributed by atoms with Gasteiger partial charge in [-0.15, -0.1) is 0 Å². The highest BCUT2D eigenvalue weighted by atomic mass is 16.6. The number of rotatable bonds is 2. The monoisotopic (exact) mass is 113 g/mol. The van der Waals surface area contributed by atoms with Gasteiger partial charge in [0.25, 0.3) is 0 Å². The summed E-state index contributed by atoms with van der Waals surface area (Å²) >= 11 is 0. The van der Waals surface area contributed by atoms with Crippen molar-refractivity contribution in [2.24, 2.45) is 5.90 Å². The van der Waals surface area contributed by atoms with Gasteiger partial charge in [-0.1, -0.05) is 0 Å². The molecule has 0 bridgehead atoms. The maximum atomic E-state index is 4.78. The van der Waals surface area contributed by atoms with Gasteiger partial charge in [0.05, 0.1) is 19.1 Å². The first-order valence-corrected chi connectivity index (χ1v) is 2.26. The first-order valence-electron chi connectivity index (χ1n) is 2.26. The predicted octanol–water partition coefficient (Wildman–Crippen LogP) is 0.670. The maximum Gasteiger partial charge on any atom is 0.0960 e. The highest BCUT2D eigenvalue weighted by molar-refractivity contribution is 5.02. The van der Waals surface area contributed by atoms with Crippen LogP contribution in [0.25, 0.3) is 0 Å². The van der Waals surface area contributed by atoms with Crippen LogP contribution < -0.4 is 5.90 Å². The lowest BCUT2D eigenvalue weighted by atomic mass is 10.4. The average Bonchev–Trinajstić information content (AvgIpc) is 2.19. The van der Waals surface area contributed by atoms with E-state index in [1.807, 2.05) is 0 Å². The molecule has 0 radical (unpaired) electrons. The van der Waals surface area contributed by atoms with E-state index in [4.69, 9.17) is 10.3 Å². The van der Waals surface area contributed by atoms with Crippen molar-refractivity contribution in [2.45, 2.75) is 6.61 Å². The Balaban J connectivity index is 2.50. The lowest BCUT2D eigenvalue weighted by Gasteiger charge is -1.87. The summed E-state index contributed by atoms with van der Waals surface area (Å²) < 4.78 is 4.73. The molecule has 8 heavy (non-hydrogen) atoms. The number of hydrogen-bond acceptors (Lipinski definition) is 3. The molecule has 1 rings (SSSR count). The normalized spacial score (nSPS) is 9.62. The average molecular weight is 113 g/mol. The Labute approximate surface area is 47.0 Å². The van der Waals surface area contributed by atoms with Crippen LogP contribution in [0, 0.1) is 0 Å². The molecule has 0 saturated carbocycles. The van der Waals surface area contributed by atoms with Gasteiger partial charge < -0.3 is 4.42 Å². The zero-order valence-electron chi connectivity index (χ0n) is 4.33. The first kappa shape index (κ1) is 5.34. The summed E-state index contributed by atoms with van der Waals surface area (Å²) in [6, 6.07) is 1.80. The van der Waals surface area contributed by atoms with Crippen LogP contribution in [0.15, 0.2) is 23.0 Å². The molecule has 0 saturated heterocycles. The van der Waals surface area contributed by atoms with Crippen molar-refractivity contribution >= 4 is 0 Å². The van der Waals surface area contributed by atoms with Gasteiger partial charge in [-0.3, -0.25) is 4.84 Å². The van der Waals surface area contributed by atoms with Gasteiger partial charge in [-0.25, -0.2) is 5.90 Å². The fourth-order valence-electron chi connectivity index (χ4n) is 0.471. The van der Waals surface area contributed by atoms with Crippen molar-refractivity contribution < 1.29 is 9.25 Å². The Morgan fingerprint density at radius 1 is 1.75 bits per heavy atom. The zero-order valence-corrected chi connectivity index (χ0v) is 4.33. The Morgan fingerprint density at radius 3 is 3.12 bits per heavy atom. The maximum absolute atomic E-state index is 4.78. The summed E-state index contributed by atoms with van der Waals surface area (Å²) in [6.45, 7) is 0.413. The molecule has 0 aromatic carbocycles. The van der Waals surface area contributed by atoms with Gasteiger partial charge in [0, 0.05) is 5.56 Å². The van der Waals surface area contributed by atoms with Crippen LogP contribution in [0.5, 0.6) is 0 Å². The van der Waals surface area contributed by atoms with E-state index in [0.717, 1.165) is 5.56 Å². The Hall–Kier alpha value is -0.800. The molecule has 0 amide bonds. The molecule has 1 heterocycles. The minimum Gasteiger partial charge on any atom is -0.472 e. The van der Waals surface area contributed by atoms with E-state index in [9.17, 15) is 0 Å². The number of nitrogens with two attached hydrogens (primary N) is 1. The highest BCUT2D eigenvalue weighted by Crippen LogP contribution is 1.98. The Morgan fingerprint density at radius 2 is 2.62 bits per heavy atom. The molecule has 0 atom stereocenters. The molecule has 3 heteroatoms. The number of hydrogen-bond donors (Lipinski definition) is 1. The van der Waals surface area contributed by atoms with E-state index in [1.165, 1.54) is 0 Å². The topological polar surface area (TPSA) is 48.4 Å². The number of furan rings is 1. The molecule has 44 valence electrons. The summed E-state index contributed by atoms with van der Waals surface area (Å²) in [5.74, 6) is 4.78. The van der Waals surface area contributed by atoms with E-state index < -0.39 is 0 Å². The van der Waals surface area contributed by atoms with Crippen molar-refractivity contribution in [3.05, 3.63) is 24.2 Å². The molecule has 0 fully saturated rings. The molecule has 0 aliphatic carbocycles. The van der Waals surface area contributed by atoms with Gasteiger partial charge in [0.1, 0.15) is 0 Å². The third-order valence-electron chi connectivity index (χ3n) is 0.830. The largest absolute Gasteiger partial charge is 0.472 e. The van der Waals surface area contributed by atoms with Crippen molar-refractivity contribution in [3.63, 3.8) is 0 Å². The van der Waals surface area contributed by atoms with Crippen LogP contribution in [0.1, 0.15) is 5.56 Å². The predicted molar refractivity (Wildman–Crippen MR) is 27.7 cm³/mol. The van der Waals surface area contributed by atoms with Gasteiger partial charge in [-0.2, -0.15) is 0 Å².